The normalized spacial score (nSPS) is 10.1. The van der Waals surface area contributed by atoms with Crippen LogP contribution in [0.5, 0.6) is 0 Å². The molecule has 0 fully saturated rings. The van der Waals surface area contributed by atoms with Gasteiger partial charge in [0.25, 0.3) is 0 Å². The van der Waals surface area contributed by atoms with Gasteiger partial charge in [-0.15, -0.1) is 5.10 Å². The zero-order chi connectivity index (χ0) is 10.6. The lowest BCUT2D eigenvalue weighted by molar-refractivity contribution is 0.0520. The molecule has 6 heteroatoms. The zero-order valence-corrected chi connectivity index (χ0v) is 8.36. The molecule has 0 aromatic carbocycles. The van der Waals surface area contributed by atoms with E-state index in [1.165, 1.54) is 4.68 Å². The molecule has 0 saturated heterocycles. The summed E-state index contributed by atoms with van der Waals surface area (Å²) in [6.45, 7) is 4.67. The number of aromatic nitrogens is 3. The first kappa shape index (κ1) is 10.5. The van der Waals surface area contributed by atoms with E-state index >= 15 is 0 Å². The molecule has 2 N–H and O–H groups in total. The van der Waals surface area contributed by atoms with Gasteiger partial charge in [0.15, 0.2) is 5.82 Å². The average Bonchev–Trinajstić information content (AvgIpc) is 2.49. The smallest absolute Gasteiger partial charge is 0.362 e. The van der Waals surface area contributed by atoms with Gasteiger partial charge in [0, 0.05) is 6.54 Å². The highest BCUT2D eigenvalue weighted by Crippen LogP contribution is 2.09. The van der Waals surface area contributed by atoms with Crippen LogP contribution < -0.4 is 5.73 Å². The van der Waals surface area contributed by atoms with E-state index in [1.54, 1.807) is 6.92 Å². The van der Waals surface area contributed by atoms with Crippen molar-refractivity contribution < 1.29 is 9.53 Å². The summed E-state index contributed by atoms with van der Waals surface area (Å²) in [6, 6.07) is 0. The number of esters is 1. The number of aryl methyl sites for hydroxylation is 1. The Labute approximate surface area is 82.0 Å². The molecule has 1 aromatic heterocycles. The lowest BCUT2D eigenvalue weighted by Gasteiger charge is -2.00. The van der Waals surface area contributed by atoms with E-state index < -0.39 is 5.97 Å². The van der Waals surface area contributed by atoms with E-state index in [2.05, 4.69) is 10.3 Å². The van der Waals surface area contributed by atoms with Gasteiger partial charge in [0.05, 0.1) is 6.61 Å². The molecule has 14 heavy (non-hydrogen) atoms. The molecule has 6 nitrogen and oxygen atoms in total. The maximum atomic E-state index is 11.3. The van der Waals surface area contributed by atoms with Gasteiger partial charge in [-0.3, -0.25) is 0 Å². The molecule has 1 heterocycles. The van der Waals surface area contributed by atoms with Crippen molar-refractivity contribution >= 4 is 11.8 Å². The van der Waals surface area contributed by atoms with E-state index in [-0.39, 0.29) is 11.5 Å². The monoisotopic (exact) mass is 198 g/mol. The van der Waals surface area contributed by atoms with Crippen LogP contribution in [-0.4, -0.2) is 27.6 Å². The summed E-state index contributed by atoms with van der Waals surface area (Å²) in [5, 5.41) is 7.42. The Morgan fingerprint density at radius 1 is 1.57 bits per heavy atom. The van der Waals surface area contributed by atoms with Crippen molar-refractivity contribution in [2.45, 2.75) is 26.8 Å². The van der Waals surface area contributed by atoms with Gasteiger partial charge < -0.3 is 10.5 Å². The Kier molecular flexibility index (Phi) is 3.44. The fourth-order valence-electron chi connectivity index (χ4n) is 1.04. The van der Waals surface area contributed by atoms with Gasteiger partial charge in [0.1, 0.15) is 0 Å². The Balaban J connectivity index is 2.83. The fraction of sp³-hybridized carbons (Fsp3) is 0.625. The maximum Gasteiger partial charge on any atom is 0.362 e. The molecule has 0 unspecified atom stereocenters. The number of carbonyl (C=O) groups excluding carboxylic acids is 1. The molecule has 0 aliphatic heterocycles. The lowest BCUT2D eigenvalue weighted by Crippen LogP contribution is -2.10. The minimum atomic E-state index is -0.521. The van der Waals surface area contributed by atoms with Crippen LogP contribution in [0.2, 0.25) is 0 Å². The molecular formula is C8H14N4O2. The van der Waals surface area contributed by atoms with Crippen molar-refractivity contribution in [3.8, 4) is 0 Å². The van der Waals surface area contributed by atoms with Gasteiger partial charge in [-0.1, -0.05) is 12.1 Å². The highest BCUT2D eigenvalue weighted by Gasteiger charge is 2.17. The van der Waals surface area contributed by atoms with E-state index in [4.69, 9.17) is 10.5 Å². The third-order valence-corrected chi connectivity index (χ3v) is 1.68. The van der Waals surface area contributed by atoms with E-state index in [0.717, 1.165) is 6.42 Å². The molecular weight excluding hydrogens is 184 g/mol. The second kappa shape index (κ2) is 4.59. The van der Waals surface area contributed by atoms with Crippen molar-refractivity contribution in [1.29, 1.82) is 0 Å². The number of anilines is 1. The van der Waals surface area contributed by atoms with Gasteiger partial charge in [0.2, 0.25) is 5.69 Å². The van der Waals surface area contributed by atoms with E-state index in [1.807, 2.05) is 6.92 Å². The number of ether oxygens (including phenoxy) is 1. The number of hydrogen-bond acceptors (Lipinski definition) is 5. The van der Waals surface area contributed by atoms with Crippen LogP contribution in [0.1, 0.15) is 30.8 Å². The summed E-state index contributed by atoms with van der Waals surface area (Å²) in [5.41, 5.74) is 5.76. The van der Waals surface area contributed by atoms with Crippen molar-refractivity contribution in [3.63, 3.8) is 0 Å². The maximum absolute atomic E-state index is 11.3. The summed E-state index contributed by atoms with van der Waals surface area (Å²) >= 11 is 0. The van der Waals surface area contributed by atoms with Crippen molar-refractivity contribution in [1.82, 2.24) is 15.0 Å². The molecule has 0 radical (unpaired) electrons. The standard InChI is InChI=1S/C8H14N4O2/c1-3-5-12-7(9)6(10-11-12)8(13)14-4-2/h3-5,9H2,1-2H3. The predicted molar refractivity (Wildman–Crippen MR) is 50.7 cm³/mol. The summed E-state index contributed by atoms with van der Waals surface area (Å²) in [5.74, 6) is -0.252. The molecule has 0 aliphatic rings. The topological polar surface area (TPSA) is 83.0 Å². The minimum absolute atomic E-state index is 0.0975. The summed E-state index contributed by atoms with van der Waals surface area (Å²) in [7, 11) is 0. The van der Waals surface area contributed by atoms with Crippen LogP contribution in [0.15, 0.2) is 0 Å². The summed E-state index contributed by atoms with van der Waals surface area (Å²) in [4.78, 5) is 11.3. The molecule has 78 valence electrons. The molecule has 1 aromatic rings. The molecule has 0 amide bonds. The van der Waals surface area contributed by atoms with Crippen LogP contribution >= 0.6 is 0 Å². The quantitative estimate of drug-likeness (QED) is 0.710. The third kappa shape index (κ3) is 2.01. The first-order valence-electron chi connectivity index (χ1n) is 4.56. The second-order valence-electron chi connectivity index (χ2n) is 2.77. The minimum Gasteiger partial charge on any atom is -0.461 e. The number of nitrogens with two attached hydrogens (primary N) is 1. The molecule has 0 atom stereocenters. The highest BCUT2D eigenvalue weighted by molar-refractivity contribution is 5.91. The summed E-state index contributed by atoms with van der Waals surface area (Å²) < 4.78 is 6.26. The van der Waals surface area contributed by atoms with E-state index in [0.29, 0.717) is 13.2 Å². The van der Waals surface area contributed by atoms with Gasteiger partial charge in [-0.25, -0.2) is 9.48 Å². The second-order valence-corrected chi connectivity index (χ2v) is 2.77. The number of nitrogen functional groups attached to an aromatic ring is 1. The average molecular weight is 198 g/mol. The third-order valence-electron chi connectivity index (χ3n) is 1.68. The number of nitrogens with zero attached hydrogens (tertiary/aromatic N) is 3. The van der Waals surface area contributed by atoms with Crippen LogP contribution in [0.25, 0.3) is 0 Å². The van der Waals surface area contributed by atoms with Crippen molar-refractivity contribution in [3.05, 3.63) is 5.69 Å². The van der Waals surface area contributed by atoms with Gasteiger partial charge >= 0.3 is 5.97 Å². The Hall–Kier alpha value is -1.59. The number of hydrogen-bond donors (Lipinski definition) is 1. The molecule has 0 saturated carbocycles. The van der Waals surface area contributed by atoms with Crippen LogP contribution in [-0.2, 0) is 11.3 Å². The van der Waals surface area contributed by atoms with Gasteiger partial charge in [-0.05, 0) is 13.3 Å². The van der Waals surface area contributed by atoms with Crippen LogP contribution in [0.3, 0.4) is 0 Å². The predicted octanol–water partition coefficient (Wildman–Crippen LogP) is 0.447. The van der Waals surface area contributed by atoms with Gasteiger partial charge in [-0.2, -0.15) is 0 Å². The Morgan fingerprint density at radius 3 is 2.86 bits per heavy atom. The fourth-order valence-corrected chi connectivity index (χ4v) is 1.04. The first-order valence-corrected chi connectivity index (χ1v) is 4.56. The largest absolute Gasteiger partial charge is 0.461 e. The Bertz CT molecular complexity index is 321. The van der Waals surface area contributed by atoms with Crippen LogP contribution in [0.4, 0.5) is 5.82 Å². The lowest BCUT2D eigenvalue weighted by atomic mass is 10.4. The molecule has 0 spiro atoms. The molecule has 1 rings (SSSR count). The van der Waals surface area contributed by atoms with Crippen molar-refractivity contribution in [2.24, 2.45) is 0 Å². The summed E-state index contributed by atoms with van der Waals surface area (Å²) in [6.07, 6.45) is 0.885. The molecule has 0 aliphatic carbocycles. The van der Waals surface area contributed by atoms with Crippen LogP contribution in [0, 0.1) is 0 Å². The number of carbonyl (C=O) groups is 1. The SMILES string of the molecule is CCCn1nnc(C(=O)OCC)c1N. The Morgan fingerprint density at radius 2 is 2.29 bits per heavy atom. The van der Waals surface area contributed by atoms with Crippen molar-refractivity contribution in [2.75, 3.05) is 12.3 Å². The molecule has 0 bridgehead atoms. The number of rotatable bonds is 4. The zero-order valence-electron chi connectivity index (χ0n) is 8.36. The highest BCUT2D eigenvalue weighted by atomic mass is 16.5. The first-order chi connectivity index (χ1) is 6.70. The van der Waals surface area contributed by atoms with E-state index in [9.17, 15) is 4.79 Å².